The summed E-state index contributed by atoms with van der Waals surface area (Å²) in [5.41, 5.74) is 0. The Hall–Kier alpha value is -0.710. The van der Waals surface area contributed by atoms with Gasteiger partial charge in [0.05, 0.1) is 6.54 Å². The van der Waals surface area contributed by atoms with Gasteiger partial charge in [0.2, 0.25) is 11.8 Å². The molecule has 1 heterocycles. The average molecular weight is 485 g/mol. The third-order valence-corrected chi connectivity index (χ3v) is 4.74. The van der Waals surface area contributed by atoms with E-state index in [1.54, 1.807) is 14.1 Å². The molecule has 0 aromatic rings. The minimum atomic E-state index is -0.117. The van der Waals surface area contributed by atoms with E-state index < -0.39 is 0 Å². The summed E-state index contributed by atoms with van der Waals surface area (Å²) in [6.07, 6.45) is 0. The summed E-state index contributed by atoms with van der Waals surface area (Å²) in [4.78, 5) is 31.8. The fourth-order valence-corrected chi connectivity index (χ4v) is 3.40. The summed E-state index contributed by atoms with van der Waals surface area (Å²) in [6.45, 7) is 10.1. The molecule has 0 aromatic heterocycles. The van der Waals surface area contributed by atoms with Crippen molar-refractivity contribution in [2.24, 2.45) is 4.99 Å². The molecule has 0 radical (unpaired) electrons. The molecular weight excluding hydrogens is 453 g/mol. The van der Waals surface area contributed by atoms with Crippen LogP contribution in [0, 0.1) is 0 Å². The Labute approximate surface area is 172 Å². The molecule has 25 heavy (non-hydrogen) atoms. The number of hydrogen-bond donors (Lipinski definition) is 2. The summed E-state index contributed by atoms with van der Waals surface area (Å²) in [7, 11) is 3.44. The number of nitrogens with one attached hydrogen (secondary N) is 2. The van der Waals surface area contributed by atoms with Crippen LogP contribution in [0.15, 0.2) is 4.99 Å². The Morgan fingerprint density at radius 3 is 2.48 bits per heavy atom. The molecule has 9 heteroatoms. The van der Waals surface area contributed by atoms with Crippen LogP contribution < -0.4 is 10.6 Å². The van der Waals surface area contributed by atoms with E-state index in [1.165, 1.54) is 4.90 Å². The molecule has 0 atom stereocenters. The molecule has 146 valence electrons. The molecule has 1 aliphatic rings. The molecule has 1 fully saturated rings. The van der Waals surface area contributed by atoms with Crippen LogP contribution in [0.1, 0.15) is 27.7 Å². The first-order chi connectivity index (χ1) is 11.1. The number of amides is 2. The molecule has 0 spiro atoms. The Morgan fingerprint density at radius 1 is 1.32 bits per heavy atom. The molecular formula is C16H32IN5O2S. The zero-order chi connectivity index (χ0) is 18.3. The topological polar surface area (TPSA) is 77.0 Å². The van der Waals surface area contributed by atoms with Crippen molar-refractivity contribution in [3.63, 3.8) is 0 Å². The van der Waals surface area contributed by atoms with Crippen LogP contribution in [0.5, 0.6) is 0 Å². The van der Waals surface area contributed by atoms with Gasteiger partial charge in [-0.05, 0) is 27.7 Å². The van der Waals surface area contributed by atoms with Crippen LogP contribution in [-0.4, -0.2) is 84.4 Å². The lowest BCUT2D eigenvalue weighted by Crippen LogP contribution is -2.52. The quantitative estimate of drug-likeness (QED) is 0.345. The summed E-state index contributed by atoms with van der Waals surface area (Å²) in [6, 6.07) is 0.0877. The predicted molar refractivity (Wildman–Crippen MR) is 116 cm³/mol. The van der Waals surface area contributed by atoms with Crippen molar-refractivity contribution in [2.45, 2.75) is 38.5 Å². The molecule has 0 aromatic carbocycles. The van der Waals surface area contributed by atoms with Gasteiger partial charge in [-0.1, -0.05) is 0 Å². The molecule has 2 N–H and O–H groups in total. The van der Waals surface area contributed by atoms with E-state index in [1.807, 2.05) is 25.6 Å². The van der Waals surface area contributed by atoms with Crippen LogP contribution >= 0.6 is 35.7 Å². The van der Waals surface area contributed by atoms with Crippen molar-refractivity contribution in [1.82, 2.24) is 20.4 Å². The minimum Gasteiger partial charge on any atom is -0.352 e. The monoisotopic (exact) mass is 485 g/mol. The number of aliphatic imine (C=N–C) groups is 1. The largest absolute Gasteiger partial charge is 0.352 e. The number of nitrogens with zero attached hydrogens (tertiary/aromatic N) is 3. The van der Waals surface area contributed by atoms with Gasteiger partial charge in [0.25, 0.3) is 0 Å². The normalized spacial score (nSPS) is 16.9. The molecule has 7 nitrogen and oxygen atoms in total. The van der Waals surface area contributed by atoms with Gasteiger partial charge in [0.1, 0.15) is 6.54 Å². The lowest BCUT2D eigenvalue weighted by atomic mass is 10.2. The van der Waals surface area contributed by atoms with E-state index in [9.17, 15) is 9.59 Å². The first kappa shape index (κ1) is 24.3. The molecule has 0 aliphatic carbocycles. The van der Waals surface area contributed by atoms with Crippen molar-refractivity contribution in [3.05, 3.63) is 0 Å². The van der Waals surface area contributed by atoms with Gasteiger partial charge in [-0.25, -0.2) is 4.99 Å². The standard InChI is InChI=1S/C16H31N5O2S.HI/c1-12(2)19-13(22)9-17-15(18-10-14(23)20(5)6)21-7-8-24-16(3,4)11-21;/h12H,7-11H2,1-6H3,(H,17,18)(H,19,22);1H. The van der Waals surface area contributed by atoms with E-state index in [2.05, 4.69) is 34.4 Å². The minimum absolute atomic E-state index is 0. The number of rotatable bonds is 5. The third kappa shape index (κ3) is 9.53. The smallest absolute Gasteiger partial charge is 0.242 e. The van der Waals surface area contributed by atoms with Crippen molar-refractivity contribution < 1.29 is 9.59 Å². The maximum atomic E-state index is 11.9. The summed E-state index contributed by atoms with van der Waals surface area (Å²) < 4.78 is 0.118. The number of hydrogen-bond acceptors (Lipinski definition) is 4. The van der Waals surface area contributed by atoms with E-state index in [0.717, 1.165) is 18.8 Å². The average Bonchev–Trinajstić information content (AvgIpc) is 2.44. The highest BCUT2D eigenvalue weighted by atomic mass is 127. The predicted octanol–water partition coefficient (Wildman–Crippen LogP) is 0.990. The highest BCUT2D eigenvalue weighted by Gasteiger charge is 2.29. The van der Waals surface area contributed by atoms with E-state index in [4.69, 9.17) is 0 Å². The van der Waals surface area contributed by atoms with E-state index in [-0.39, 0.29) is 59.7 Å². The maximum Gasteiger partial charge on any atom is 0.242 e. The third-order valence-electron chi connectivity index (χ3n) is 3.44. The van der Waals surface area contributed by atoms with E-state index >= 15 is 0 Å². The molecule has 2 amide bonds. The van der Waals surface area contributed by atoms with Crippen molar-refractivity contribution in [1.29, 1.82) is 0 Å². The summed E-state index contributed by atoms with van der Waals surface area (Å²) >= 11 is 1.92. The molecule has 0 unspecified atom stereocenters. The Bertz CT molecular complexity index is 483. The van der Waals surface area contributed by atoms with Gasteiger partial charge in [0, 0.05) is 43.7 Å². The first-order valence-corrected chi connectivity index (χ1v) is 9.26. The highest BCUT2D eigenvalue weighted by Crippen LogP contribution is 2.29. The van der Waals surface area contributed by atoms with Gasteiger partial charge < -0.3 is 20.4 Å². The van der Waals surface area contributed by atoms with Crippen LogP contribution in [0.4, 0.5) is 0 Å². The summed E-state index contributed by atoms with van der Waals surface area (Å²) in [5, 5.41) is 5.94. The fraction of sp³-hybridized carbons (Fsp3) is 0.812. The van der Waals surface area contributed by atoms with Crippen molar-refractivity contribution >= 4 is 53.5 Å². The second kappa shape index (κ2) is 11.1. The van der Waals surface area contributed by atoms with Crippen molar-refractivity contribution in [3.8, 4) is 0 Å². The van der Waals surface area contributed by atoms with Gasteiger partial charge in [-0.15, -0.1) is 24.0 Å². The zero-order valence-electron chi connectivity index (χ0n) is 16.1. The number of guanidine groups is 1. The maximum absolute atomic E-state index is 11.9. The van der Waals surface area contributed by atoms with Gasteiger partial charge in [0.15, 0.2) is 5.96 Å². The van der Waals surface area contributed by atoms with Crippen LogP contribution in [0.2, 0.25) is 0 Å². The molecule has 0 saturated carbocycles. The Morgan fingerprint density at radius 2 is 1.96 bits per heavy atom. The van der Waals surface area contributed by atoms with Crippen LogP contribution in [0.25, 0.3) is 0 Å². The lowest BCUT2D eigenvalue weighted by molar-refractivity contribution is -0.127. The fourth-order valence-electron chi connectivity index (χ4n) is 2.29. The number of likely N-dealkylation sites (N-methyl/N-ethyl adjacent to an activating group) is 1. The first-order valence-electron chi connectivity index (χ1n) is 8.27. The number of carbonyl (C=O) groups is 2. The molecule has 1 aliphatic heterocycles. The molecule has 1 rings (SSSR count). The van der Waals surface area contributed by atoms with Crippen LogP contribution in [-0.2, 0) is 9.59 Å². The zero-order valence-corrected chi connectivity index (χ0v) is 19.2. The number of thioether (sulfide) groups is 1. The number of carbonyl (C=O) groups excluding carboxylic acids is 2. The SMILES string of the molecule is CC(C)NC(=O)CN=C(NCC(=O)N(C)C)N1CCSC(C)(C)C1.I. The van der Waals surface area contributed by atoms with Gasteiger partial charge in [-0.2, -0.15) is 11.8 Å². The van der Waals surface area contributed by atoms with Crippen LogP contribution in [0.3, 0.4) is 0 Å². The lowest BCUT2D eigenvalue weighted by Gasteiger charge is -2.39. The van der Waals surface area contributed by atoms with Gasteiger partial charge >= 0.3 is 0 Å². The summed E-state index contributed by atoms with van der Waals surface area (Å²) in [5.74, 6) is 1.47. The van der Waals surface area contributed by atoms with E-state index in [0.29, 0.717) is 5.96 Å². The Kier molecular flexibility index (Phi) is 10.8. The molecule has 1 saturated heterocycles. The van der Waals surface area contributed by atoms with Crippen molar-refractivity contribution in [2.75, 3.05) is 46.0 Å². The second-order valence-electron chi connectivity index (χ2n) is 7.03. The number of halogens is 1. The highest BCUT2D eigenvalue weighted by molar-refractivity contribution is 14.0. The molecule has 0 bridgehead atoms. The van der Waals surface area contributed by atoms with Gasteiger partial charge in [-0.3, -0.25) is 9.59 Å². The second-order valence-corrected chi connectivity index (χ2v) is 8.84. The Balaban J connectivity index is 0.00000576.